The molecule has 0 saturated heterocycles. The number of carbonyl (C=O) groups is 5. The Bertz CT molecular complexity index is 3060. The summed E-state index contributed by atoms with van der Waals surface area (Å²) in [5, 5.41) is 0. The van der Waals surface area contributed by atoms with Gasteiger partial charge in [-0.15, -0.1) is 0 Å². The number of rotatable bonds is 34. The van der Waals surface area contributed by atoms with Gasteiger partial charge in [-0.3, -0.25) is 0 Å². The van der Waals surface area contributed by atoms with Gasteiger partial charge in [-0.25, -0.2) is 24.0 Å². The van der Waals surface area contributed by atoms with Gasteiger partial charge in [0.1, 0.15) is 51.7 Å². The molecule has 14 nitrogen and oxygen atoms in total. The van der Waals surface area contributed by atoms with Crippen molar-refractivity contribution in [1.29, 1.82) is 0 Å². The summed E-state index contributed by atoms with van der Waals surface area (Å²) in [5.74, 6) is 0.710. The minimum atomic E-state index is -0.691. The molecule has 7 aromatic carbocycles. The van der Waals surface area contributed by atoms with Gasteiger partial charge in [0.15, 0.2) is 0 Å². The first kappa shape index (κ1) is 60.7. The minimum absolute atomic E-state index is 0.128. The van der Waals surface area contributed by atoms with Crippen LogP contribution in [0.4, 0.5) is 0 Å². The summed E-state index contributed by atoms with van der Waals surface area (Å²) in [6, 6.07) is 44.9. The lowest BCUT2D eigenvalue weighted by atomic mass is 10.1. The van der Waals surface area contributed by atoms with E-state index >= 15 is 0 Å². The van der Waals surface area contributed by atoms with Crippen molar-refractivity contribution in [2.45, 2.75) is 110 Å². The van der Waals surface area contributed by atoms with Gasteiger partial charge in [0.05, 0.1) is 54.2 Å². The van der Waals surface area contributed by atoms with Gasteiger partial charge in [-0.05, 0) is 171 Å². The molecule has 0 aliphatic rings. The zero-order chi connectivity index (χ0) is 57.6. The minimum Gasteiger partial charge on any atom is -0.494 e. The van der Waals surface area contributed by atoms with E-state index in [0.717, 1.165) is 31.4 Å². The first-order valence-corrected chi connectivity index (χ1v) is 28.4. The third-order valence-electron chi connectivity index (χ3n) is 13.0. The van der Waals surface area contributed by atoms with Crippen molar-refractivity contribution in [1.82, 2.24) is 0 Å². The molecule has 0 spiro atoms. The van der Waals surface area contributed by atoms with Crippen molar-refractivity contribution in [2.24, 2.45) is 0 Å². The largest absolute Gasteiger partial charge is 0.494 e. The molecule has 82 heavy (non-hydrogen) atoms. The second-order valence-electron chi connectivity index (χ2n) is 19.5. The number of unbranched alkanes of at least 4 members (excludes halogenated alkanes) is 12. The molecule has 7 aromatic rings. The summed E-state index contributed by atoms with van der Waals surface area (Å²) in [5.41, 5.74) is 1.46. The van der Waals surface area contributed by atoms with Gasteiger partial charge < -0.3 is 42.6 Å². The fourth-order valence-electron chi connectivity index (χ4n) is 8.35. The number of ether oxygens (including phenoxy) is 9. The van der Waals surface area contributed by atoms with Crippen LogP contribution >= 0.6 is 0 Å². The number of hydrogen-bond donors (Lipinski definition) is 0. The molecule has 0 atom stereocenters. The quantitative estimate of drug-likeness (QED) is 0.0212. The molecule has 14 heteroatoms. The normalized spacial score (nSPS) is 10.8. The van der Waals surface area contributed by atoms with Crippen LogP contribution in [0.5, 0.6) is 51.7 Å². The summed E-state index contributed by atoms with van der Waals surface area (Å²) in [6.07, 6.45) is 17.6. The molecule has 0 radical (unpaired) electrons. The van der Waals surface area contributed by atoms with Gasteiger partial charge in [0.25, 0.3) is 0 Å². The Labute approximate surface area is 480 Å². The van der Waals surface area contributed by atoms with Crippen LogP contribution in [0.25, 0.3) is 0 Å². The van der Waals surface area contributed by atoms with E-state index < -0.39 is 29.8 Å². The first-order valence-electron chi connectivity index (χ1n) is 28.4. The zero-order valence-electron chi connectivity index (χ0n) is 46.8. The highest BCUT2D eigenvalue weighted by Gasteiger charge is 2.16. The van der Waals surface area contributed by atoms with Gasteiger partial charge in [0, 0.05) is 12.5 Å². The first-order chi connectivity index (χ1) is 40.1. The van der Waals surface area contributed by atoms with Crippen LogP contribution < -0.4 is 42.6 Å². The summed E-state index contributed by atoms with van der Waals surface area (Å²) >= 11 is 0. The Morgan fingerprint density at radius 3 is 0.768 bits per heavy atom. The molecule has 7 rings (SSSR count). The van der Waals surface area contributed by atoms with Crippen molar-refractivity contribution in [2.75, 3.05) is 26.4 Å². The highest BCUT2D eigenvalue weighted by atomic mass is 16.6. The highest BCUT2D eigenvalue weighted by molar-refractivity contribution is 5.94. The second kappa shape index (κ2) is 33.6. The maximum Gasteiger partial charge on any atom is 0.343 e. The Kier molecular flexibility index (Phi) is 24.9. The van der Waals surface area contributed by atoms with Crippen molar-refractivity contribution in [3.63, 3.8) is 0 Å². The average Bonchev–Trinajstić information content (AvgIpc) is 3.53. The van der Waals surface area contributed by atoms with Gasteiger partial charge in [-0.2, -0.15) is 0 Å². The van der Waals surface area contributed by atoms with E-state index in [4.69, 9.17) is 42.6 Å². The molecule has 0 fully saturated rings. The molecule has 428 valence electrons. The van der Waals surface area contributed by atoms with Crippen molar-refractivity contribution < 1.29 is 66.6 Å². The van der Waals surface area contributed by atoms with Crippen LogP contribution in [-0.2, 0) is 0 Å². The molecule has 0 N–H and O–H groups in total. The Balaban J connectivity index is 0.754. The van der Waals surface area contributed by atoms with E-state index in [1.807, 2.05) is 0 Å². The molecular formula is C68H72O14. The zero-order valence-corrected chi connectivity index (χ0v) is 46.8. The SMILES string of the molecule is CCCCCCCCCCCCOc1ccc(C(=O)Oc2ccc(C(=O)Oc3cccc(OC(=O)c4ccc(OC(=O)c5ccc(OCCCOc6ccc(OC(=O)c7ccc(OCCCCCC)cc7)cc6)cc5)cc4)c3)cc2)cc1. The van der Waals surface area contributed by atoms with E-state index in [0.29, 0.717) is 72.5 Å². The van der Waals surface area contributed by atoms with Crippen molar-refractivity contribution in [3.05, 3.63) is 198 Å². The molecule has 0 heterocycles. The monoisotopic (exact) mass is 1110 g/mol. The Morgan fingerprint density at radius 1 is 0.244 bits per heavy atom. The molecule has 0 unspecified atom stereocenters. The van der Waals surface area contributed by atoms with E-state index in [2.05, 4.69) is 13.8 Å². The second-order valence-corrected chi connectivity index (χ2v) is 19.5. The summed E-state index contributed by atoms with van der Waals surface area (Å²) in [6.45, 7) is 6.43. The molecule has 0 aliphatic heterocycles. The van der Waals surface area contributed by atoms with Crippen LogP contribution in [0, 0.1) is 0 Å². The van der Waals surface area contributed by atoms with Crippen LogP contribution in [-0.4, -0.2) is 56.3 Å². The molecule has 0 aromatic heterocycles. The predicted molar refractivity (Wildman–Crippen MR) is 312 cm³/mol. The number of esters is 5. The van der Waals surface area contributed by atoms with Crippen molar-refractivity contribution >= 4 is 29.8 Å². The molecule has 0 bridgehead atoms. The van der Waals surface area contributed by atoms with E-state index in [1.54, 1.807) is 109 Å². The van der Waals surface area contributed by atoms with Gasteiger partial charge in [-0.1, -0.05) is 97.0 Å². The van der Waals surface area contributed by atoms with E-state index in [1.165, 1.54) is 125 Å². The maximum absolute atomic E-state index is 13.1. The summed E-state index contributed by atoms with van der Waals surface area (Å²) in [7, 11) is 0. The number of benzene rings is 7. The summed E-state index contributed by atoms with van der Waals surface area (Å²) in [4.78, 5) is 64.5. The topological polar surface area (TPSA) is 168 Å². The highest BCUT2D eigenvalue weighted by Crippen LogP contribution is 2.26. The van der Waals surface area contributed by atoms with E-state index in [-0.39, 0.29) is 34.1 Å². The average molecular weight is 1110 g/mol. The van der Waals surface area contributed by atoms with Crippen LogP contribution in [0.3, 0.4) is 0 Å². The fourth-order valence-corrected chi connectivity index (χ4v) is 8.35. The third kappa shape index (κ3) is 21.0. The molecule has 0 aliphatic carbocycles. The number of carbonyl (C=O) groups excluding carboxylic acids is 5. The molecule has 0 amide bonds. The standard InChI is InChI=1S/C68H72O14/c1-3-5-7-9-10-11-12-13-14-16-46-75-56-33-21-50(22-34-56)64(69)78-59-37-27-53(28-38-59)67(72)81-62-19-17-20-63(49-62)82-68(73)54-29-39-60(40-30-54)79-65(70)51-25-35-57(36-26-51)76-47-18-48-77-58-41-43-61(44-42-58)80-66(71)52-23-31-55(32-24-52)74-45-15-8-6-4-2/h17,19-44,49H,3-16,18,45-48H2,1-2H3. The molecular weight excluding hydrogens is 1040 g/mol. The van der Waals surface area contributed by atoms with Crippen LogP contribution in [0.1, 0.15) is 162 Å². The van der Waals surface area contributed by atoms with Crippen LogP contribution in [0.15, 0.2) is 170 Å². The molecule has 0 saturated carbocycles. The lowest BCUT2D eigenvalue weighted by Gasteiger charge is -2.10. The predicted octanol–water partition coefficient (Wildman–Crippen LogP) is 15.9. The Hall–Kier alpha value is -8.91. The van der Waals surface area contributed by atoms with Gasteiger partial charge in [0.2, 0.25) is 0 Å². The maximum atomic E-state index is 13.1. The number of hydrogen-bond acceptors (Lipinski definition) is 14. The lowest BCUT2D eigenvalue weighted by Crippen LogP contribution is -2.11. The van der Waals surface area contributed by atoms with E-state index in [9.17, 15) is 24.0 Å². The third-order valence-corrected chi connectivity index (χ3v) is 13.0. The lowest BCUT2D eigenvalue weighted by molar-refractivity contribution is 0.0720. The Morgan fingerprint density at radius 2 is 0.463 bits per heavy atom. The van der Waals surface area contributed by atoms with Gasteiger partial charge >= 0.3 is 29.8 Å². The van der Waals surface area contributed by atoms with Crippen molar-refractivity contribution in [3.8, 4) is 51.7 Å². The smallest absolute Gasteiger partial charge is 0.343 e. The van der Waals surface area contributed by atoms with Crippen LogP contribution in [0.2, 0.25) is 0 Å². The fraction of sp³-hybridized carbons (Fsp3) is 0.309. The summed E-state index contributed by atoms with van der Waals surface area (Å²) < 4.78 is 51.0.